The number of rotatable bonds is 2. The maximum Gasteiger partial charge on any atom is 0.0124 e. The molecule has 15 heavy (non-hydrogen) atoms. The zero-order chi connectivity index (χ0) is 10.8. The number of hydrogen-bond acceptors (Lipinski definition) is 1. The Kier molecular flexibility index (Phi) is 3.71. The van der Waals surface area contributed by atoms with E-state index in [-0.39, 0.29) is 0 Å². The van der Waals surface area contributed by atoms with Gasteiger partial charge in [0.1, 0.15) is 0 Å². The van der Waals surface area contributed by atoms with Gasteiger partial charge in [-0.15, -0.1) is 0 Å². The molecule has 2 heterocycles. The Bertz CT molecular complexity index is 202. The molecule has 2 rings (SSSR count). The van der Waals surface area contributed by atoms with Crippen molar-refractivity contribution in [3.8, 4) is 0 Å². The highest BCUT2D eigenvalue weighted by Gasteiger charge is 2.39. The van der Waals surface area contributed by atoms with E-state index in [0.29, 0.717) is 0 Å². The van der Waals surface area contributed by atoms with Crippen molar-refractivity contribution >= 4 is 0 Å². The van der Waals surface area contributed by atoms with Crippen LogP contribution in [0.1, 0.15) is 59.3 Å². The molecule has 88 valence electrons. The van der Waals surface area contributed by atoms with Gasteiger partial charge in [-0.2, -0.15) is 0 Å². The van der Waals surface area contributed by atoms with Gasteiger partial charge in [-0.25, -0.2) is 0 Å². The van der Waals surface area contributed by atoms with Crippen molar-refractivity contribution in [2.24, 2.45) is 11.8 Å². The summed E-state index contributed by atoms with van der Waals surface area (Å²) in [6.45, 7) is 8.66. The SMILES string of the molecule is CCC[C@H]1[C@@H](C)C[C@H](C)[C@H]2CCCCN21. The lowest BCUT2D eigenvalue weighted by Crippen LogP contribution is -2.55. The van der Waals surface area contributed by atoms with E-state index < -0.39 is 0 Å². The highest BCUT2D eigenvalue weighted by molar-refractivity contribution is 4.93. The van der Waals surface area contributed by atoms with Crippen molar-refractivity contribution in [3.05, 3.63) is 0 Å². The fourth-order valence-electron chi connectivity index (χ4n) is 3.98. The quantitative estimate of drug-likeness (QED) is 0.670. The van der Waals surface area contributed by atoms with Gasteiger partial charge in [0.25, 0.3) is 0 Å². The standard InChI is InChI=1S/C14H27N/c1-4-7-13-11(2)10-12(3)14-8-5-6-9-15(13)14/h11-14H,4-10H2,1-3H3/t11-,12-,13-,14+/m0/s1. The summed E-state index contributed by atoms with van der Waals surface area (Å²) < 4.78 is 0. The van der Waals surface area contributed by atoms with Gasteiger partial charge in [0.2, 0.25) is 0 Å². The van der Waals surface area contributed by atoms with Crippen LogP contribution >= 0.6 is 0 Å². The Balaban J connectivity index is 2.08. The third kappa shape index (κ3) is 2.22. The molecular formula is C14H27N. The Morgan fingerprint density at radius 2 is 1.93 bits per heavy atom. The molecule has 0 aromatic carbocycles. The summed E-state index contributed by atoms with van der Waals surface area (Å²) in [5.74, 6) is 1.86. The molecule has 0 saturated carbocycles. The van der Waals surface area contributed by atoms with Crippen LogP contribution in [0.2, 0.25) is 0 Å². The largest absolute Gasteiger partial charge is 0.297 e. The zero-order valence-corrected chi connectivity index (χ0v) is 10.7. The van der Waals surface area contributed by atoms with E-state index in [1.54, 1.807) is 0 Å². The lowest BCUT2D eigenvalue weighted by atomic mass is 9.75. The first-order valence-corrected chi connectivity index (χ1v) is 6.99. The average Bonchev–Trinajstić information content (AvgIpc) is 2.24. The van der Waals surface area contributed by atoms with Gasteiger partial charge in [0.05, 0.1) is 0 Å². The molecule has 0 unspecified atom stereocenters. The summed E-state index contributed by atoms with van der Waals surface area (Å²) in [6, 6.07) is 1.82. The molecule has 2 aliphatic heterocycles. The summed E-state index contributed by atoms with van der Waals surface area (Å²) in [4.78, 5) is 2.87. The van der Waals surface area contributed by atoms with E-state index in [9.17, 15) is 0 Å². The summed E-state index contributed by atoms with van der Waals surface area (Å²) in [5, 5.41) is 0. The van der Waals surface area contributed by atoms with Crippen LogP contribution < -0.4 is 0 Å². The Hall–Kier alpha value is -0.0400. The van der Waals surface area contributed by atoms with E-state index in [1.165, 1.54) is 45.1 Å². The number of fused-ring (bicyclic) bond motifs is 1. The average molecular weight is 209 g/mol. The Morgan fingerprint density at radius 3 is 2.67 bits per heavy atom. The maximum absolute atomic E-state index is 2.87. The van der Waals surface area contributed by atoms with Crippen LogP contribution in [0.25, 0.3) is 0 Å². The molecule has 1 nitrogen and oxygen atoms in total. The molecule has 2 saturated heterocycles. The van der Waals surface area contributed by atoms with Gasteiger partial charge in [-0.1, -0.05) is 33.6 Å². The van der Waals surface area contributed by atoms with Crippen LogP contribution in [0.5, 0.6) is 0 Å². The van der Waals surface area contributed by atoms with Gasteiger partial charge in [-0.3, -0.25) is 4.90 Å². The van der Waals surface area contributed by atoms with Gasteiger partial charge in [-0.05, 0) is 44.1 Å². The number of piperidine rings is 2. The lowest BCUT2D eigenvalue weighted by molar-refractivity contribution is -0.0167. The molecule has 2 aliphatic rings. The van der Waals surface area contributed by atoms with Crippen molar-refractivity contribution in [3.63, 3.8) is 0 Å². The van der Waals surface area contributed by atoms with Crippen molar-refractivity contribution in [1.82, 2.24) is 4.90 Å². The predicted octanol–water partition coefficient (Wildman–Crippen LogP) is 3.69. The minimum absolute atomic E-state index is 0.900. The predicted molar refractivity (Wildman–Crippen MR) is 66.0 cm³/mol. The molecule has 0 aromatic rings. The minimum Gasteiger partial charge on any atom is -0.297 e. The molecule has 0 bridgehead atoms. The van der Waals surface area contributed by atoms with E-state index in [4.69, 9.17) is 0 Å². The van der Waals surface area contributed by atoms with Gasteiger partial charge >= 0.3 is 0 Å². The van der Waals surface area contributed by atoms with Gasteiger partial charge < -0.3 is 0 Å². The summed E-state index contributed by atoms with van der Waals surface area (Å²) in [5.41, 5.74) is 0. The first kappa shape index (κ1) is 11.4. The van der Waals surface area contributed by atoms with Crippen molar-refractivity contribution in [1.29, 1.82) is 0 Å². The lowest BCUT2D eigenvalue weighted by Gasteiger charge is -2.51. The molecule has 0 spiro atoms. The number of nitrogens with zero attached hydrogens (tertiary/aromatic N) is 1. The first-order chi connectivity index (χ1) is 7.24. The van der Waals surface area contributed by atoms with Crippen LogP contribution in [0.4, 0.5) is 0 Å². The van der Waals surface area contributed by atoms with E-state index in [0.717, 1.165) is 23.9 Å². The number of hydrogen-bond donors (Lipinski definition) is 0. The topological polar surface area (TPSA) is 3.24 Å². The van der Waals surface area contributed by atoms with Crippen LogP contribution in [-0.4, -0.2) is 23.5 Å². The van der Waals surface area contributed by atoms with Gasteiger partial charge in [0, 0.05) is 12.1 Å². The molecule has 4 atom stereocenters. The zero-order valence-electron chi connectivity index (χ0n) is 10.7. The second-order valence-electron chi connectivity index (χ2n) is 5.85. The van der Waals surface area contributed by atoms with Crippen LogP contribution in [0, 0.1) is 11.8 Å². The highest BCUT2D eigenvalue weighted by atomic mass is 15.2. The third-order valence-electron chi connectivity index (χ3n) is 4.66. The van der Waals surface area contributed by atoms with Crippen LogP contribution in [0.3, 0.4) is 0 Å². The maximum atomic E-state index is 2.87. The molecule has 0 aliphatic carbocycles. The normalized spacial score (nSPS) is 42.6. The second-order valence-corrected chi connectivity index (χ2v) is 5.85. The highest BCUT2D eigenvalue weighted by Crippen LogP contribution is 2.38. The molecule has 0 amide bonds. The van der Waals surface area contributed by atoms with Crippen molar-refractivity contribution < 1.29 is 0 Å². The first-order valence-electron chi connectivity index (χ1n) is 6.99. The smallest absolute Gasteiger partial charge is 0.0124 e. The molecular weight excluding hydrogens is 182 g/mol. The van der Waals surface area contributed by atoms with Crippen LogP contribution in [-0.2, 0) is 0 Å². The summed E-state index contributed by atoms with van der Waals surface area (Å²) in [7, 11) is 0. The molecule has 0 aromatic heterocycles. The fraction of sp³-hybridized carbons (Fsp3) is 1.00. The Labute approximate surface area is 95.2 Å². The molecule has 0 N–H and O–H groups in total. The fourth-order valence-corrected chi connectivity index (χ4v) is 3.98. The summed E-state index contributed by atoms with van der Waals surface area (Å²) >= 11 is 0. The van der Waals surface area contributed by atoms with Crippen molar-refractivity contribution in [2.45, 2.75) is 71.4 Å². The minimum atomic E-state index is 0.900. The second kappa shape index (κ2) is 4.86. The van der Waals surface area contributed by atoms with Gasteiger partial charge in [0.15, 0.2) is 0 Å². The summed E-state index contributed by atoms with van der Waals surface area (Å²) in [6.07, 6.45) is 8.62. The molecule has 0 radical (unpaired) electrons. The third-order valence-corrected chi connectivity index (χ3v) is 4.66. The van der Waals surface area contributed by atoms with E-state index in [1.807, 2.05) is 0 Å². The van der Waals surface area contributed by atoms with Crippen LogP contribution in [0.15, 0.2) is 0 Å². The Morgan fingerprint density at radius 1 is 1.13 bits per heavy atom. The molecule has 2 fully saturated rings. The van der Waals surface area contributed by atoms with E-state index in [2.05, 4.69) is 25.7 Å². The molecule has 1 heteroatoms. The van der Waals surface area contributed by atoms with E-state index >= 15 is 0 Å². The monoisotopic (exact) mass is 209 g/mol. The van der Waals surface area contributed by atoms with Crippen molar-refractivity contribution in [2.75, 3.05) is 6.54 Å².